The molecule has 2 N–H and O–H groups in total. The Balaban J connectivity index is 2.53. The van der Waals surface area contributed by atoms with Gasteiger partial charge >= 0.3 is 0 Å². The van der Waals surface area contributed by atoms with Gasteiger partial charge in [-0.25, -0.2) is 4.39 Å². The van der Waals surface area contributed by atoms with Crippen molar-refractivity contribution in [3.8, 4) is 0 Å². The molecule has 1 aliphatic rings. The van der Waals surface area contributed by atoms with Crippen molar-refractivity contribution in [2.45, 2.75) is 38.3 Å². The van der Waals surface area contributed by atoms with Gasteiger partial charge in [0.05, 0.1) is 8.49 Å². The second kappa shape index (κ2) is 6.21. The molecule has 5 nitrogen and oxygen atoms in total. The smallest absolute Gasteiger partial charge is 0.293 e. The lowest BCUT2D eigenvalue weighted by Gasteiger charge is -2.41. The van der Waals surface area contributed by atoms with E-state index < -0.39 is 10.7 Å². The lowest BCUT2D eigenvalue weighted by molar-refractivity contribution is -0.384. The Labute approximate surface area is 130 Å². The number of piperidine rings is 1. The van der Waals surface area contributed by atoms with Crippen LogP contribution in [0.1, 0.15) is 26.2 Å². The topological polar surface area (TPSA) is 72.4 Å². The van der Waals surface area contributed by atoms with Crippen molar-refractivity contribution in [1.29, 1.82) is 0 Å². The van der Waals surface area contributed by atoms with Crippen LogP contribution >= 0.6 is 22.6 Å². The Morgan fingerprint density at radius 2 is 2.25 bits per heavy atom. The number of nitrogens with two attached hydrogens (primary N) is 1. The van der Waals surface area contributed by atoms with Gasteiger partial charge in [-0.05, 0) is 48.8 Å². The monoisotopic (exact) mass is 393 g/mol. The molecule has 7 heteroatoms. The molecule has 20 heavy (non-hydrogen) atoms. The van der Waals surface area contributed by atoms with E-state index in [0.717, 1.165) is 19.3 Å². The third-order valence-corrected chi connectivity index (χ3v) is 4.62. The number of halogens is 2. The van der Waals surface area contributed by atoms with Crippen LogP contribution < -0.4 is 10.6 Å². The van der Waals surface area contributed by atoms with Crippen molar-refractivity contribution < 1.29 is 9.31 Å². The zero-order valence-electron chi connectivity index (χ0n) is 11.2. The van der Waals surface area contributed by atoms with Gasteiger partial charge in [0.2, 0.25) is 0 Å². The highest BCUT2D eigenvalue weighted by Gasteiger charge is 2.32. The predicted octanol–water partition coefficient (Wildman–Crippen LogP) is 3.04. The summed E-state index contributed by atoms with van der Waals surface area (Å²) in [6.07, 6.45) is 2.85. The second-order valence-electron chi connectivity index (χ2n) is 5.09. The first kappa shape index (κ1) is 15.4. The van der Waals surface area contributed by atoms with E-state index in [9.17, 15) is 14.5 Å². The lowest BCUT2D eigenvalue weighted by Crippen LogP contribution is -2.49. The van der Waals surface area contributed by atoms with Gasteiger partial charge in [0.1, 0.15) is 11.5 Å². The van der Waals surface area contributed by atoms with Crippen LogP contribution in [0.15, 0.2) is 12.1 Å². The van der Waals surface area contributed by atoms with E-state index in [1.807, 2.05) is 11.8 Å². The fraction of sp³-hybridized carbons (Fsp3) is 0.538. The largest absolute Gasteiger partial charge is 0.359 e. The van der Waals surface area contributed by atoms with E-state index in [2.05, 4.69) is 0 Å². The standard InChI is InChI=1S/C13H17FIN3O2/c1-8-3-2-4-9(7-16)17(8)12-5-10(14)11(15)6-13(12)18(19)20/h5-6,8-9H,2-4,7,16H2,1H3. The lowest BCUT2D eigenvalue weighted by atomic mass is 9.95. The minimum atomic E-state index is -0.453. The molecule has 1 aliphatic heterocycles. The quantitative estimate of drug-likeness (QED) is 0.487. The minimum Gasteiger partial charge on any atom is -0.359 e. The number of rotatable bonds is 3. The molecular weight excluding hydrogens is 376 g/mol. The van der Waals surface area contributed by atoms with Crippen molar-refractivity contribution in [2.75, 3.05) is 11.4 Å². The normalized spacial score (nSPS) is 22.9. The zero-order chi connectivity index (χ0) is 14.9. The summed E-state index contributed by atoms with van der Waals surface area (Å²) in [7, 11) is 0. The first-order valence-corrected chi connectivity index (χ1v) is 7.65. The third-order valence-electron chi connectivity index (χ3n) is 3.79. The van der Waals surface area contributed by atoms with Gasteiger partial charge in [0, 0.05) is 30.8 Å². The molecule has 2 rings (SSSR count). The number of hydrogen-bond acceptors (Lipinski definition) is 4. The first-order chi connectivity index (χ1) is 9.45. The molecule has 0 amide bonds. The molecule has 0 aromatic heterocycles. The van der Waals surface area contributed by atoms with Crippen LogP contribution in [0, 0.1) is 19.5 Å². The Morgan fingerprint density at radius 1 is 1.55 bits per heavy atom. The highest BCUT2D eigenvalue weighted by atomic mass is 127. The Hall–Kier alpha value is -0.960. The van der Waals surface area contributed by atoms with E-state index in [1.165, 1.54) is 12.1 Å². The average molecular weight is 393 g/mol. The second-order valence-corrected chi connectivity index (χ2v) is 6.25. The number of benzene rings is 1. The minimum absolute atomic E-state index is 0.0249. The number of hydrogen-bond donors (Lipinski definition) is 1. The van der Waals surface area contributed by atoms with Crippen LogP contribution in [0.25, 0.3) is 0 Å². The first-order valence-electron chi connectivity index (χ1n) is 6.57. The molecule has 2 atom stereocenters. The summed E-state index contributed by atoms with van der Waals surface area (Å²) in [5.74, 6) is -0.431. The molecule has 1 aromatic carbocycles. The molecular formula is C13H17FIN3O2. The van der Waals surface area contributed by atoms with Gasteiger partial charge in [0.25, 0.3) is 5.69 Å². The molecule has 0 aliphatic carbocycles. The third kappa shape index (κ3) is 2.88. The maximum absolute atomic E-state index is 13.8. The molecule has 2 unspecified atom stereocenters. The van der Waals surface area contributed by atoms with Crippen LogP contribution in [0.2, 0.25) is 0 Å². The number of nitro groups is 1. The molecule has 0 bridgehead atoms. The molecule has 1 aromatic rings. The van der Waals surface area contributed by atoms with Gasteiger partial charge < -0.3 is 10.6 Å². The summed E-state index contributed by atoms with van der Waals surface area (Å²) in [6.45, 7) is 2.41. The van der Waals surface area contributed by atoms with Crippen molar-refractivity contribution in [3.05, 3.63) is 31.6 Å². The number of anilines is 1. The maximum atomic E-state index is 13.8. The van der Waals surface area contributed by atoms with Crippen molar-refractivity contribution >= 4 is 34.0 Å². The maximum Gasteiger partial charge on any atom is 0.293 e. The molecule has 1 fully saturated rings. The molecule has 110 valence electrons. The Bertz CT molecular complexity index is 527. The number of nitro benzene ring substituents is 1. The summed E-state index contributed by atoms with van der Waals surface area (Å²) in [5, 5.41) is 11.3. The summed E-state index contributed by atoms with van der Waals surface area (Å²) in [5.41, 5.74) is 6.07. The van der Waals surface area contributed by atoms with Crippen molar-refractivity contribution in [3.63, 3.8) is 0 Å². The van der Waals surface area contributed by atoms with E-state index in [-0.39, 0.29) is 21.3 Å². The Kier molecular flexibility index (Phi) is 4.79. The van der Waals surface area contributed by atoms with Gasteiger partial charge in [-0.1, -0.05) is 0 Å². The Morgan fingerprint density at radius 3 is 2.85 bits per heavy atom. The summed E-state index contributed by atoms with van der Waals surface area (Å²) in [4.78, 5) is 12.7. The predicted molar refractivity (Wildman–Crippen MR) is 84.4 cm³/mol. The van der Waals surface area contributed by atoms with Gasteiger partial charge in [-0.2, -0.15) is 0 Å². The molecule has 0 saturated carbocycles. The van der Waals surface area contributed by atoms with Crippen LogP contribution in [0.4, 0.5) is 15.8 Å². The molecule has 1 heterocycles. The summed E-state index contributed by atoms with van der Waals surface area (Å²) in [6, 6.07) is 2.71. The fourth-order valence-electron chi connectivity index (χ4n) is 2.83. The van der Waals surface area contributed by atoms with E-state index in [4.69, 9.17) is 5.73 Å². The van der Waals surface area contributed by atoms with E-state index in [1.54, 1.807) is 22.6 Å². The van der Waals surface area contributed by atoms with Crippen LogP contribution in [0.5, 0.6) is 0 Å². The van der Waals surface area contributed by atoms with Gasteiger partial charge in [0.15, 0.2) is 0 Å². The van der Waals surface area contributed by atoms with Crippen LogP contribution in [-0.4, -0.2) is 23.6 Å². The summed E-state index contributed by atoms with van der Waals surface area (Å²) < 4.78 is 14.1. The SMILES string of the molecule is CC1CCCC(CN)N1c1cc(F)c(I)cc1[N+](=O)[O-]. The van der Waals surface area contributed by atoms with Crippen LogP contribution in [0.3, 0.4) is 0 Å². The molecule has 0 spiro atoms. The molecule has 0 radical (unpaired) electrons. The van der Waals surface area contributed by atoms with Crippen LogP contribution in [-0.2, 0) is 0 Å². The highest BCUT2D eigenvalue weighted by molar-refractivity contribution is 14.1. The van der Waals surface area contributed by atoms with Gasteiger partial charge in [-0.15, -0.1) is 0 Å². The fourth-order valence-corrected chi connectivity index (χ4v) is 3.28. The molecule has 1 saturated heterocycles. The average Bonchev–Trinajstić information content (AvgIpc) is 2.41. The van der Waals surface area contributed by atoms with E-state index in [0.29, 0.717) is 12.2 Å². The van der Waals surface area contributed by atoms with Crippen molar-refractivity contribution in [1.82, 2.24) is 0 Å². The van der Waals surface area contributed by atoms with Gasteiger partial charge in [-0.3, -0.25) is 10.1 Å². The highest BCUT2D eigenvalue weighted by Crippen LogP contribution is 2.37. The van der Waals surface area contributed by atoms with Crippen molar-refractivity contribution in [2.24, 2.45) is 5.73 Å². The zero-order valence-corrected chi connectivity index (χ0v) is 13.3. The summed E-state index contributed by atoms with van der Waals surface area (Å²) >= 11 is 1.77. The van der Waals surface area contributed by atoms with E-state index >= 15 is 0 Å². The number of nitrogens with zero attached hydrogens (tertiary/aromatic N) is 2.